The highest BCUT2D eigenvalue weighted by molar-refractivity contribution is 5.92. The molecule has 0 aliphatic rings. The summed E-state index contributed by atoms with van der Waals surface area (Å²) in [5, 5.41) is 5.86. The Kier molecular flexibility index (Phi) is 4.15. The SMILES string of the molecule is COc1ccccc1NC(=O)Cn1ccc(C(F)(F)F)n1. The Morgan fingerprint density at radius 1 is 1.33 bits per heavy atom. The van der Waals surface area contributed by atoms with E-state index in [0.717, 1.165) is 16.9 Å². The summed E-state index contributed by atoms with van der Waals surface area (Å²) in [5.74, 6) is -0.0429. The summed E-state index contributed by atoms with van der Waals surface area (Å²) in [6.45, 7) is -0.325. The first-order valence-electron chi connectivity index (χ1n) is 5.93. The molecule has 0 fully saturated rings. The first-order chi connectivity index (χ1) is 9.90. The molecule has 8 heteroatoms. The van der Waals surface area contributed by atoms with Crippen LogP contribution < -0.4 is 10.1 Å². The zero-order valence-corrected chi connectivity index (χ0v) is 11.0. The van der Waals surface area contributed by atoms with Crippen LogP contribution in [0.15, 0.2) is 36.5 Å². The van der Waals surface area contributed by atoms with Gasteiger partial charge in [0, 0.05) is 6.20 Å². The van der Waals surface area contributed by atoms with Crippen LogP contribution in [0.3, 0.4) is 0 Å². The fourth-order valence-corrected chi connectivity index (χ4v) is 1.69. The van der Waals surface area contributed by atoms with Crippen LogP contribution in [0.1, 0.15) is 5.69 Å². The molecule has 21 heavy (non-hydrogen) atoms. The Morgan fingerprint density at radius 2 is 2.05 bits per heavy atom. The zero-order chi connectivity index (χ0) is 15.5. The fourth-order valence-electron chi connectivity index (χ4n) is 1.69. The van der Waals surface area contributed by atoms with E-state index in [1.165, 1.54) is 7.11 Å². The van der Waals surface area contributed by atoms with Gasteiger partial charge in [-0.05, 0) is 18.2 Å². The lowest BCUT2D eigenvalue weighted by molar-refractivity contribution is -0.141. The fraction of sp³-hybridized carbons (Fsp3) is 0.231. The number of hydrogen-bond acceptors (Lipinski definition) is 3. The van der Waals surface area contributed by atoms with E-state index in [2.05, 4.69) is 10.4 Å². The first-order valence-corrected chi connectivity index (χ1v) is 5.93. The van der Waals surface area contributed by atoms with E-state index in [-0.39, 0.29) is 6.54 Å². The van der Waals surface area contributed by atoms with Gasteiger partial charge in [0.05, 0.1) is 12.8 Å². The minimum absolute atomic E-state index is 0.325. The maximum atomic E-state index is 12.4. The van der Waals surface area contributed by atoms with Crippen LogP contribution >= 0.6 is 0 Å². The van der Waals surface area contributed by atoms with Crippen LogP contribution in [-0.2, 0) is 17.5 Å². The van der Waals surface area contributed by atoms with Crippen molar-refractivity contribution in [3.63, 3.8) is 0 Å². The average Bonchev–Trinajstić information content (AvgIpc) is 2.87. The summed E-state index contributed by atoms with van der Waals surface area (Å²) in [5.41, 5.74) is -0.596. The normalized spacial score (nSPS) is 11.2. The number of rotatable bonds is 4. The van der Waals surface area contributed by atoms with Gasteiger partial charge in [-0.1, -0.05) is 12.1 Å². The van der Waals surface area contributed by atoms with Gasteiger partial charge in [-0.3, -0.25) is 9.48 Å². The van der Waals surface area contributed by atoms with Crippen molar-refractivity contribution in [1.82, 2.24) is 9.78 Å². The second-order valence-corrected chi connectivity index (χ2v) is 4.14. The van der Waals surface area contributed by atoms with Crippen LogP contribution in [0.25, 0.3) is 0 Å². The Balaban J connectivity index is 2.03. The van der Waals surface area contributed by atoms with Crippen molar-refractivity contribution in [3.8, 4) is 5.75 Å². The summed E-state index contributed by atoms with van der Waals surface area (Å²) >= 11 is 0. The average molecular weight is 299 g/mol. The third-order valence-corrected chi connectivity index (χ3v) is 2.62. The number of alkyl halides is 3. The van der Waals surface area contributed by atoms with Crippen molar-refractivity contribution >= 4 is 11.6 Å². The molecule has 0 bridgehead atoms. The molecule has 2 rings (SSSR count). The predicted molar refractivity (Wildman–Crippen MR) is 68.9 cm³/mol. The van der Waals surface area contributed by atoms with Gasteiger partial charge in [0.15, 0.2) is 5.69 Å². The molecule has 0 saturated heterocycles. The molecule has 1 aromatic carbocycles. The monoisotopic (exact) mass is 299 g/mol. The van der Waals surface area contributed by atoms with Crippen molar-refractivity contribution in [2.75, 3.05) is 12.4 Å². The molecule has 0 saturated carbocycles. The molecule has 0 unspecified atom stereocenters. The Bertz CT molecular complexity index is 638. The second-order valence-electron chi connectivity index (χ2n) is 4.14. The maximum absolute atomic E-state index is 12.4. The number of aromatic nitrogens is 2. The minimum atomic E-state index is -4.52. The van der Waals surface area contributed by atoms with E-state index >= 15 is 0 Å². The molecule has 0 aliphatic heterocycles. The summed E-state index contributed by atoms with van der Waals surface area (Å²) in [7, 11) is 1.45. The summed E-state index contributed by atoms with van der Waals surface area (Å²) < 4.78 is 43.2. The van der Waals surface area contributed by atoms with E-state index < -0.39 is 17.8 Å². The number of para-hydroxylation sites is 2. The topological polar surface area (TPSA) is 56.1 Å². The number of carbonyl (C=O) groups excluding carboxylic acids is 1. The molecule has 112 valence electrons. The quantitative estimate of drug-likeness (QED) is 0.944. The highest BCUT2D eigenvalue weighted by atomic mass is 19.4. The predicted octanol–water partition coefficient (Wildman–Crippen LogP) is 2.55. The van der Waals surface area contributed by atoms with Crippen molar-refractivity contribution < 1.29 is 22.7 Å². The molecule has 5 nitrogen and oxygen atoms in total. The molecule has 0 aliphatic carbocycles. The number of methoxy groups -OCH3 is 1. The largest absolute Gasteiger partial charge is 0.495 e. The molecule has 0 radical (unpaired) electrons. The number of amides is 1. The van der Waals surface area contributed by atoms with Crippen molar-refractivity contribution in [2.45, 2.75) is 12.7 Å². The standard InChI is InChI=1S/C13H12F3N3O2/c1-21-10-5-3-2-4-9(10)17-12(20)8-19-7-6-11(18-19)13(14,15)16/h2-7H,8H2,1H3,(H,17,20). The molecule has 2 aromatic rings. The van der Waals surface area contributed by atoms with Gasteiger partial charge in [-0.25, -0.2) is 0 Å². The lowest BCUT2D eigenvalue weighted by Crippen LogP contribution is -2.20. The lowest BCUT2D eigenvalue weighted by atomic mass is 10.3. The number of carbonyl (C=O) groups is 1. The number of hydrogen-bond donors (Lipinski definition) is 1. The Labute approximate surface area is 118 Å². The lowest BCUT2D eigenvalue weighted by Gasteiger charge is -2.09. The highest BCUT2D eigenvalue weighted by Gasteiger charge is 2.33. The van der Waals surface area contributed by atoms with Gasteiger partial charge in [-0.2, -0.15) is 18.3 Å². The molecular formula is C13H12F3N3O2. The van der Waals surface area contributed by atoms with E-state index in [1.54, 1.807) is 24.3 Å². The molecule has 1 amide bonds. The van der Waals surface area contributed by atoms with Gasteiger partial charge in [0.1, 0.15) is 12.3 Å². The number of anilines is 1. The van der Waals surface area contributed by atoms with Gasteiger partial charge in [0.25, 0.3) is 0 Å². The molecule has 0 spiro atoms. The van der Waals surface area contributed by atoms with Crippen LogP contribution in [0.5, 0.6) is 5.75 Å². The number of benzene rings is 1. The van der Waals surface area contributed by atoms with Crippen LogP contribution in [0.2, 0.25) is 0 Å². The first kappa shape index (κ1) is 14.9. The molecule has 1 heterocycles. The third-order valence-electron chi connectivity index (χ3n) is 2.62. The summed E-state index contributed by atoms with van der Waals surface area (Å²) in [6.07, 6.45) is -3.42. The third kappa shape index (κ3) is 3.74. The minimum Gasteiger partial charge on any atom is -0.495 e. The number of halogens is 3. The zero-order valence-electron chi connectivity index (χ0n) is 11.0. The Morgan fingerprint density at radius 3 is 2.67 bits per heavy atom. The van der Waals surface area contributed by atoms with Crippen molar-refractivity contribution in [3.05, 3.63) is 42.2 Å². The second kappa shape index (κ2) is 5.86. The van der Waals surface area contributed by atoms with Crippen LogP contribution in [-0.4, -0.2) is 22.8 Å². The number of ether oxygens (including phenoxy) is 1. The maximum Gasteiger partial charge on any atom is 0.435 e. The molecule has 1 aromatic heterocycles. The van der Waals surface area contributed by atoms with Crippen LogP contribution in [0, 0.1) is 0 Å². The van der Waals surface area contributed by atoms with E-state index in [4.69, 9.17) is 4.74 Å². The molecule has 0 atom stereocenters. The van der Waals surface area contributed by atoms with E-state index in [9.17, 15) is 18.0 Å². The van der Waals surface area contributed by atoms with E-state index in [0.29, 0.717) is 11.4 Å². The van der Waals surface area contributed by atoms with Crippen molar-refractivity contribution in [2.24, 2.45) is 0 Å². The van der Waals surface area contributed by atoms with Gasteiger partial charge >= 0.3 is 6.18 Å². The Hall–Kier alpha value is -2.51. The van der Waals surface area contributed by atoms with Crippen LogP contribution in [0.4, 0.5) is 18.9 Å². The van der Waals surface area contributed by atoms with Gasteiger partial charge in [0.2, 0.25) is 5.91 Å². The molecule has 1 N–H and O–H groups in total. The van der Waals surface area contributed by atoms with Gasteiger partial charge < -0.3 is 10.1 Å². The van der Waals surface area contributed by atoms with E-state index in [1.807, 2.05) is 0 Å². The molecular weight excluding hydrogens is 287 g/mol. The summed E-state index contributed by atoms with van der Waals surface area (Å²) in [6, 6.07) is 7.54. The van der Waals surface area contributed by atoms with Crippen molar-refractivity contribution in [1.29, 1.82) is 0 Å². The number of nitrogens with one attached hydrogen (secondary N) is 1. The summed E-state index contributed by atoms with van der Waals surface area (Å²) in [4.78, 5) is 11.8. The number of nitrogens with zero attached hydrogens (tertiary/aromatic N) is 2. The highest BCUT2D eigenvalue weighted by Crippen LogP contribution is 2.27. The van der Waals surface area contributed by atoms with Gasteiger partial charge in [-0.15, -0.1) is 0 Å². The smallest absolute Gasteiger partial charge is 0.435 e.